The quantitative estimate of drug-likeness (QED) is 0.418. The first-order valence-electron chi connectivity index (χ1n) is 12.1. The highest BCUT2D eigenvalue weighted by atomic mass is 32.1. The van der Waals surface area contributed by atoms with Crippen LogP contribution in [0.2, 0.25) is 0 Å². The van der Waals surface area contributed by atoms with Gasteiger partial charge in [0.15, 0.2) is 0 Å². The van der Waals surface area contributed by atoms with Crippen molar-refractivity contribution >= 4 is 39.1 Å². The van der Waals surface area contributed by atoms with Crippen molar-refractivity contribution in [2.45, 2.75) is 44.3 Å². The molecule has 3 atom stereocenters. The van der Waals surface area contributed by atoms with E-state index in [0.717, 1.165) is 51.9 Å². The van der Waals surface area contributed by atoms with Gasteiger partial charge in [-0.05, 0) is 20.4 Å². The molecule has 4 aromatic rings. The molecule has 0 radical (unpaired) electrons. The zero-order valence-corrected chi connectivity index (χ0v) is 20.7. The number of pyridine rings is 1. The first-order chi connectivity index (χ1) is 17.3. The summed E-state index contributed by atoms with van der Waals surface area (Å²) >= 11 is 1.50. The van der Waals surface area contributed by atoms with Gasteiger partial charge in [-0.25, -0.2) is 23.7 Å². The van der Waals surface area contributed by atoms with Crippen LogP contribution in [-0.4, -0.2) is 72.8 Å². The maximum absolute atomic E-state index is 13.2. The number of likely N-dealkylation sites (tertiary alicyclic amines) is 1. The van der Waals surface area contributed by atoms with Crippen molar-refractivity contribution in [3.8, 4) is 10.6 Å². The fourth-order valence-corrected chi connectivity index (χ4v) is 6.17. The first-order valence-corrected chi connectivity index (χ1v) is 12.9. The second-order valence-corrected chi connectivity index (χ2v) is 11.2. The minimum Gasteiger partial charge on any atom is -0.335 e. The molecule has 1 aliphatic carbocycles. The lowest BCUT2D eigenvalue weighted by atomic mass is 10.2. The summed E-state index contributed by atoms with van der Waals surface area (Å²) in [6.45, 7) is 4.20. The monoisotopic (exact) mass is 509 g/mol. The average Bonchev–Trinajstić information content (AvgIpc) is 3.39. The molecule has 0 aromatic carbocycles. The maximum Gasteiger partial charge on any atom is 0.253 e. The lowest BCUT2D eigenvalue weighted by molar-refractivity contribution is 0.0942. The Hall–Kier alpha value is -3.25. The molecule has 2 saturated heterocycles. The Morgan fingerprint density at radius 2 is 1.97 bits per heavy atom. The lowest BCUT2D eigenvalue weighted by Gasteiger charge is -2.32. The summed E-state index contributed by atoms with van der Waals surface area (Å²) in [5.74, 6) is -1.06. The van der Waals surface area contributed by atoms with Gasteiger partial charge in [0.05, 0.1) is 16.4 Å². The fraction of sp³-hybridized carbons (Fsp3) is 0.458. The second kappa shape index (κ2) is 7.87. The number of piperazine rings is 1. The number of aromatic nitrogens is 6. The highest BCUT2D eigenvalue weighted by Gasteiger charge is 2.56. The highest BCUT2D eigenvalue weighted by Crippen LogP contribution is 2.49. The second-order valence-electron chi connectivity index (χ2n) is 10.1. The molecule has 1 saturated carbocycles. The lowest BCUT2D eigenvalue weighted by Crippen LogP contribution is -2.45. The van der Waals surface area contributed by atoms with Gasteiger partial charge in [0, 0.05) is 79.8 Å². The number of anilines is 3. The summed E-state index contributed by atoms with van der Waals surface area (Å²) < 4.78 is 29.0. The normalized spacial score (nSPS) is 24.7. The van der Waals surface area contributed by atoms with Crippen LogP contribution in [0, 0.1) is 12.8 Å². The number of hydrogen-bond acceptors (Lipinski definition) is 9. The van der Waals surface area contributed by atoms with Crippen LogP contribution in [0.1, 0.15) is 18.5 Å². The van der Waals surface area contributed by atoms with Crippen molar-refractivity contribution in [3.05, 3.63) is 36.4 Å². The van der Waals surface area contributed by atoms with Gasteiger partial charge in [-0.1, -0.05) is 0 Å². The summed E-state index contributed by atoms with van der Waals surface area (Å²) in [5, 5.41) is 8.36. The van der Waals surface area contributed by atoms with Crippen LogP contribution < -0.4 is 10.2 Å². The van der Waals surface area contributed by atoms with Gasteiger partial charge >= 0.3 is 0 Å². The van der Waals surface area contributed by atoms with Crippen LogP contribution in [0.15, 0.2) is 30.7 Å². The van der Waals surface area contributed by atoms with Gasteiger partial charge < -0.3 is 10.2 Å². The third kappa shape index (κ3) is 3.88. The van der Waals surface area contributed by atoms with Crippen molar-refractivity contribution in [2.75, 3.05) is 30.4 Å². The number of halogens is 2. The van der Waals surface area contributed by atoms with Crippen LogP contribution in [0.25, 0.3) is 20.8 Å². The summed E-state index contributed by atoms with van der Waals surface area (Å²) in [6.07, 6.45) is 6.35. The molecule has 36 heavy (non-hydrogen) atoms. The first kappa shape index (κ1) is 22.0. The zero-order chi connectivity index (χ0) is 24.6. The number of likely N-dealkylation sites (N-methyl/N-ethyl adjacent to an activating group) is 1. The van der Waals surface area contributed by atoms with Crippen molar-refractivity contribution in [3.63, 3.8) is 0 Å². The highest BCUT2D eigenvalue weighted by molar-refractivity contribution is 7.21. The van der Waals surface area contributed by atoms with E-state index in [4.69, 9.17) is 15.0 Å². The molecule has 0 amide bonds. The van der Waals surface area contributed by atoms with Gasteiger partial charge in [0.25, 0.3) is 5.92 Å². The topological polar surface area (TPSA) is 87.9 Å². The zero-order valence-electron chi connectivity index (χ0n) is 19.9. The van der Waals surface area contributed by atoms with E-state index in [1.54, 1.807) is 23.3 Å². The number of nitrogens with zero attached hydrogens (tertiary/aromatic N) is 8. The Balaban J connectivity index is 1.10. The summed E-state index contributed by atoms with van der Waals surface area (Å²) in [6, 6.07) is 4.84. The molecular weight excluding hydrogens is 484 g/mol. The number of aryl methyl sites for hydroxylation is 1. The van der Waals surface area contributed by atoms with Gasteiger partial charge in [-0.2, -0.15) is 10.1 Å². The van der Waals surface area contributed by atoms with Crippen LogP contribution in [0.3, 0.4) is 0 Å². The van der Waals surface area contributed by atoms with E-state index >= 15 is 0 Å². The SMILES string of the molecule is Cc1cc(Nc2cc3nc(-c4cnn(CC5CC5(F)F)c4)sc3cn2)nc(N2C[C@@H]3C[C@H]2CN3C)n1. The number of fused-ring (bicyclic) bond motifs is 3. The maximum atomic E-state index is 13.2. The van der Waals surface area contributed by atoms with Crippen molar-refractivity contribution in [2.24, 2.45) is 5.92 Å². The summed E-state index contributed by atoms with van der Waals surface area (Å²) in [4.78, 5) is 23.5. The van der Waals surface area contributed by atoms with Crippen molar-refractivity contribution < 1.29 is 8.78 Å². The molecule has 3 aliphatic rings. The predicted octanol–water partition coefficient (Wildman–Crippen LogP) is 3.94. The van der Waals surface area contributed by atoms with E-state index in [-0.39, 0.29) is 13.0 Å². The van der Waals surface area contributed by atoms with E-state index in [1.807, 2.05) is 19.1 Å². The van der Waals surface area contributed by atoms with Crippen LogP contribution in [-0.2, 0) is 6.54 Å². The van der Waals surface area contributed by atoms with Gasteiger partial charge in [-0.3, -0.25) is 9.58 Å². The Kier molecular flexibility index (Phi) is 4.81. The van der Waals surface area contributed by atoms with E-state index in [9.17, 15) is 8.78 Å². The van der Waals surface area contributed by atoms with Crippen molar-refractivity contribution in [1.82, 2.24) is 34.6 Å². The molecule has 9 nitrogen and oxygen atoms in total. The Labute approximate surface area is 210 Å². The van der Waals surface area contributed by atoms with Crippen LogP contribution in [0.5, 0.6) is 0 Å². The third-order valence-electron chi connectivity index (χ3n) is 7.39. The van der Waals surface area contributed by atoms with Crippen molar-refractivity contribution in [1.29, 1.82) is 0 Å². The molecule has 6 heterocycles. The molecule has 1 N–H and O–H groups in total. The minimum atomic E-state index is -2.55. The average molecular weight is 510 g/mol. The van der Waals surface area contributed by atoms with E-state index < -0.39 is 11.8 Å². The fourth-order valence-electron chi connectivity index (χ4n) is 5.28. The van der Waals surface area contributed by atoms with Gasteiger partial charge in [0.2, 0.25) is 5.95 Å². The molecular formula is C24H25F2N9S. The molecule has 3 fully saturated rings. The molecule has 7 rings (SSSR count). The molecule has 1 unspecified atom stereocenters. The minimum absolute atomic E-state index is 0.0609. The molecule has 2 bridgehead atoms. The third-order valence-corrected chi connectivity index (χ3v) is 8.44. The Morgan fingerprint density at radius 3 is 2.72 bits per heavy atom. The van der Waals surface area contributed by atoms with E-state index in [2.05, 4.69) is 32.2 Å². The number of thiazole rings is 1. The number of alkyl halides is 2. The standard InChI is InChI=1S/C24H25F2N9S/c1-13-3-21(32-23(29-13)35-12-16-4-17(35)11-33(16)2)31-20-5-18-19(8-27-20)36-22(30-18)14-7-28-34(9-14)10-15-6-24(15,25)26/h3,5,7-9,15-17H,4,6,10-12H2,1-2H3,(H,27,29,31,32)/t15?,16-,17-/m0/s1. The Morgan fingerprint density at radius 1 is 1.11 bits per heavy atom. The molecule has 4 aromatic heterocycles. The van der Waals surface area contributed by atoms with Crippen LogP contribution >= 0.6 is 11.3 Å². The summed E-state index contributed by atoms with van der Waals surface area (Å²) in [5.41, 5.74) is 2.52. The largest absolute Gasteiger partial charge is 0.335 e. The number of hydrogen-bond donors (Lipinski definition) is 1. The molecule has 2 aliphatic heterocycles. The predicted molar refractivity (Wildman–Crippen MR) is 134 cm³/mol. The van der Waals surface area contributed by atoms with E-state index in [0.29, 0.717) is 23.7 Å². The molecule has 186 valence electrons. The molecule has 0 spiro atoms. The summed E-state index contributed by atoms with van der Waals surface area (Å²) in [7, 11) is 2.18. The van der Waals surface area contributed by atoms with Gasteiger partial charge in [-0.15, -0.1) is 11.3 Å². The van der Waals surface area contributed by atoms with Gasteiger partial charge in [0.1, 0.15) is 16.6 Å². The van der Waals surface area contributed by atoms with E-state index in [1.165, 1.54) is 11.3 Å². The molecule has 12 heteroatoms. The Bertz CT molecular complexity index is 1470. The number of nitrogens with one attached hydrogen (secondary N) is 1. The smallest absolute Gasteiger partial charge is 0.253 e. The number of rotatable bonds is 6. The van der Waals surface area contributed by atoms with Crippen LogP contribution in [0.4, 0.5) is 26.4 Å².